The van der Waals surface area contributed by atoms with Crippen molar-refractivity contribution in [2.45, 2.75) is 6.92 Å². The molecule has 0 saturated carbocycles. The second-order valence-electron chi connectivity index (χ2n) is 5.50. The minimum Gasteiger partial charge on any atom is -0.452 e. The normalized spacial score (nSPS) is 10.5. The predicted octanol–water partition coefficient (Wildman–Crippen LogP) is 3.99. The van der Waals surface area contributed by atoms with Crippen LogP contribution in [0.25, 0.3) is 10.9 Å². The maximum absolute atomic E-state index is 12.3. The van der Waals surface area contributed by atoms with E-state index in [1.54, 1.807) is 30.3 Å². The first kappa shape index (κ1) is 16.9. The van der Waals surface area contributed by atoms with Crippen molar-refractivity contribution in [3.05, 3.63) is 70.9 Å². The molecule has 0 unspecified atom stereocenters. The Morgan fingerprint density at radius 3 is 2.72 bits per heavy atom. The number of benzene rings is 2. The maximum atomic E-state index is 12.3. The Morgan fingerprint density at radius 1 is 1.12 bits per heavy atom. The maximum Gasteiger partial charge on any atom is 0.339 e. The van der Waals surface area contributed by atoms with Crippen molar-refractivity contribution in [2.75, 3.05) is 11.9 Å². The summed E-state index contributed by atoms with van der Waals surface area (Å²) in [5.41, 5.74) is 2.54. The molecule has 3 aromatic rings. The van der Waals surface area contributed by atoms with Gasteiger partial charge in [0.15, 0.2) is 6.61 Å². The van der Waals surface area contributed by atoms with E-state index in [1.165, 1.54) is 6.07 Å². The smallest absolute Gasteiger partial charge is 0.339 e. The average molecular weight is 355 g/mol. The van der Waals surface area contributed by atoms with Crippen LogP contribution in [-0.4, -0.2) is 23.5 Å². The molecule has 3 rings (SSSR count). The molecule has 0 aliphatic rings. The van der Waals surface area contributed by atoms with E-state index in [9.17, 15) is 9.59 Å². The zero-order valence-electron chi connectivity index (χ0n) is 13.5. The fraction of sp³-hybridized carbons (Fsp3) is 0.105. The molecule has 0 aliphatic heterocycles. The van der Waals surface area contributed by atoms with Crippen LogP contribution in [0.1, 0.15) is 15.9 Å². The summed E-state index contributed by atoms with van der Waals surface area (Å²) in [4.78, 5) is 28.5. The van der Waals surface area contributed by atoms with Gasteiger partial charge in [0.1, 0.15) is 5.15 Å². The summed E-state index contributed by atoms with van der Waals surface area (Å²) in [7, 11) is 0. The third kappa shape index (κ3) is 4.14. The molecule has 1 aromatic heterocycles. The zero-order chi connectivity index (χ0) is 17.8. The number of nitrogens with zero attached hydrogens (tertiary/aromatic N) is 1. The Kier molecular flexibility index (Phi) is 4.95. The van der Waals surface area contributed by atoms with Gasteiger partial charge in [0, 0.05) is 11.1 Å². The van der Waals surface area contributed by atoms with Crippen molar-refractivity contribution in [1.82, 2.24) is 4.98 Å². The Balaban J connectivity index is 1.70. The minimum absolute atomic E-state index is 0.190. The zero-order valence-corrected chi connectivity index (χ0v) is 14.2. The third-order valence-electron chi connectivity index (χ3n) is 3.54. The average Bonchev–Trinajstić information content (AvgIpc) is 2.59. The summed E-state index contributed by atoms with van der Waals surface area (Å²) < 4.78 is 5.12. The van der Waals surface area contributed by atoms with E-state index in [0.29, 0.717) is 16.6 Å². The Hall–Kier alpha value is -2.92. The number of hydrogen-bond acceptors (Lipinski definition) is 4. The van der Waals surface area contributed by atoms with E-state index in [-0.39, 0.29) is 17.3 Å². The first-order valence-electron chi connectivity index (χ1n) is 7.62. The van der Waals surface area contributed by atoms with Gasteiger partial charge in [-0.1, -0.05) is 41.9 Å². The van der Waals surface area contributed by atoms with Crippen molar-refractivity contribution in [1.29, 1.82) is 0 Å². The number of amides is 1. The van der Waals surface area contributed by atoms with Crippen LogP contribution in [0.5, 0.6) is 0 Å². The van der Waals surface area contributed by atoms with Gasteiger partial charge in [-0.2, -0.15) is 0 Å². The fourth-order valence-corrected chi connectivity index (χ4v) is 2.64. The van der Waals surface area contributed by atoms with Gasteiger partial charge in [-0.15, -0.1) is 0 Å². The quantitative estimate of drug-likeness (QED) is 0.568. The van der Waals surface area contributed by atoms with Gasteiger partial charge in [-0.05, 0) is 36.8 Å². The number of para-hydroxylation sites is 1. The highest BCUT2D eigenvalue weighted by Gasteiger charge is 2.15. The van der Waals surface area contributed by atoms with Crippen molar-refractivity contribution >= 4 is 40.1 Å². The van der Waals surface area contributed by atoms with Crippen LogP contribution >= 0.6 is 11.6 Å². The molecule has 1 heterocycles. The lowest BCUT2D eigenvalue weighted by Gasteiger charge is -2.09. The number of ether oxygens (including phenoxy) is 1. The molecule has 1 N–H and O–H groups in total. The van der Waals surface area contributed by atoms with Crippen LogP contribution < -0.4 is 5.32 Å². The van der Waals surface area contributed by atoms with Gasteiger partial charge in [0.25, 0.3) is 5.91 Å². The first-order chi connectivity index (χ1) is 12.0. The molecule has 0 aliphatic carbocycles. The summed E-state index contributed by atoms with van der Waals surface area (Å²) in [5.74, 6) is -1.04. The van der Waals surface area contributed by atoms with Gasteiger partial charge in [-0.25, -0.2) is 9.78 Å². The number of esters is 1. The molecule has 25 heavy (non-hydrogen) atoms. The van der Waals surface area contributed by atoms with Gasteiger partial charge in [-0.3, -0.25) is 4.79 Å². The van der Waals surface area contributed by atoms with E-state index in [0.717, 1.165) is 5.56 Å². The summed E-state index contributed by atoms with van der Waals surface area (Å²) in [6.07, 6.45) is 0. The van der Waals surface area contributed by atoms with E-state index >= 15 is 0 Å². The number of carbonyl (C=O) groups is 2. The number of halogens is 1. The number of nitrogens with one attached hydrogen (secondary N) is 1. The molecule has 0 atom stereocenters. The number of anilines is 1. The SMILES string of the molecule is Cc1cccc(NC(=O)COC(=O)c2cc(Cl)nc3ccccc23)c1. The molecule has 0 spiro atoms. The predicted molar refractivity (Wildman–Crippen MR) is 96.8 cm³/mol. The standard InChI is InChI=1S/C19H15ClN2O3/c1-12-5-4-6-13(9-12)21-18(23)11-25-19(24)15-10-17(20)22-16-8-3-2-7-14(15)16/h2-10H,11H2,1H3,(H,21,23). The Labute approximate surface area is 149 Å². The van der Waals surface area contributed by atoms with Crippen LogP contribution in [0.2, 0.25) is 5.15 Å². The molecular weight excluding hydrogens is 340 g/mol. The van der Waals surface area contributed by atoms with Crippen molar-refractivity contribution in [2.24, 2.45) is 0 Å². The van der Waals surface area contributed by atoms with Crippen LogP contribution in [0, 0.1) is 6.92 Å². The number of carbonyl (C=O) groups excluding carboxylic acids is 2. The summed E-state index contributed by atoms with van der Waals surface area (Å²) in [6, 6.07) is 15.9. The number of hydrogen-bond donors (Lipinski definition) is 1. The highest BCUT2D eigenvalue weighted by atomic mass is 35.5. The van der Waals surface area contributed by atoms with Crippen LogP contribution in [0.3, 0.4) is 0 Å². The molecule has 5 nitrogen and oxygen atoms in total. The monoisotopic (exact) mass is 354 g/mol. The summed E-state index contributed by atoms with van der Waals surface area (Å²) in [5, 5.41) is 3.49. The van der Waals surface area contributed by atoms with E-state index in [4.69, 9.17) is 16.3 Å². The Morgan fingerprint density at radius 2 is 1.92 bits per heavy atom. The second-order valence-corrected chi connectivity index (χ2v) is 5.89. The lowest BCUT2D eigenvalue weighted by Crippen LogP contribution is -2.21. The number of rotatable bonds is 4. The van der Waals surface area contributed by atoms with E-state index in [2.05, 4.69) is 10.3 Å². The fourth-order valence-electron chi connectivity index (χ4n) is 2.44. The van der Waals surface area contributed by atoms with Gasteiger partial charge in [0.05, 0.1) is 11.1 Å². The van der Waals surface area contributed by atoms with E-state index < -0.39 is 11.9 Å². The molecule has 0 bridgehead atoms. The number of pyridine rings is 1. The largest absolute Gasteiger partial charge is 0.452 e. The molecular formula is C19H15ClN2O3. The molecule has 0 fully saturated rings. The van der Waals surface area contributed by atoms with E-state index in [1.807, 2.05) is 25.1 Å². The van der Waals surface area contributed by atoms with Gasteiger partial charge < -0.3 is 10.1 Å². The molecule has 0 saturated heterocycles. The van der Waals surface area contributed by atoms with Gasteiger partial charge >= 0.3 is 5.97 Å². The highest BCUT2D eigenvalue weighted by molar-refractivity contribution is 6.30. The molecule has 126 valence electrons. The summed E-state index contributed by atoms with van der Waals surface area (Å²) >= 11 is 5.95. The lowest BCUT2D eigenvalue weighted by atomic mass is 10.1. The van der Waals surface area contributed by atoms with Crippen LogP contribution in [-0.2, 0) is 9.53 Å². The lowest BCUT2D eigenvalue weighted by molar-refractivity contribution is -0.119. The highest BCUT2D eigenvalue weighted by Crippen LogP contribution is 2.21. The number of aryl methyl sites for hydroxylation is 1. The summed E-state index contributed by atoms with van der Waals surface area (Å²) in [6.45, 7) is 1.54. The van der Waals surface area contributed by atoms with Crippen LogP contribution in [0.4, 0.5) is 5.69 Å². The minimum atomic E-state index is -0.625. The van der Waals surface area contributed by atoms with Crippen molar-refractivity contribution in [3.63, 3.8) is 0 Å². The molecule has 2 aromatic carbocycles. The van der Waals surface area contributed by atoms with Crippen LogP contribution in [0.15, 0.2) is 54.6 Å². The second kappa shape index (κ2) is 7.32. The number of fused-ring (bicyclic) bond motifs is 1. The Bertz CT molecular complexity index is 956. The topological polar surface area (TPSA) is 68.3 Å². The van der Waals surface area contributed by atoms with Gasteiger partial charge in [0.2, 0.25) is 0 Å². The molecule has 6 heteroatoms. The third-order valence-corrected chi connectivity index (χ3v) is 3.73. The first-order valence-corrected chi connectivity index (χ1v) is 7.99. The van der Waals surface area contributed by atoms with Crippen molar-refractivity contribution in [3.8, 4) is 0 Å². The van der Waals surface area contributed by atoms with Crippen molar-refractivity contribution < 1.29 is 14.3 Å². The molecule has 0 radical (unpaired) electrons. The number of aromatic nitrogens is 1. The molecule has 1 amide bonds.